The second kappa shape index (κ2) is 5.41. The molecule has 2 heterocycles. The molecule has 1 aromatic rings. The Morgan fingerprint density at radius 2 is 2.28 bits per heavy atom. The molecule has 1 fully saturated rings. The van der Waals surface area contributed by atoms with Crippen LogP contribution in [0.2, 0.25) is 0 Å². The van der Waals surface area contributed by atoms with Crippen molar-refractivity contribution in [3.8, 4) is 0 Å². The third-order valence-corrected chi connectivity index (χ3v) is 5.19. The van der Waals surface area contributed by atoms with Gasteiger partial charge in [-0.3, -0.25) is 4.90 Å². The number of hydrogen-bond donors (Lipinski definition) is 1. The lowest BCUT2D eigenvalue weighted by Gasteiger charge is -2.37. The van der Waals surface area contributed by atoms with Gasteiger partial charge in [0.05, 0.1) is 0 Å². The Bertz CT molecular complexity index is 441. The highest BCUT2D eigenvalue weighted by Crippen LogP contribution is 2.28. The average molecular weight is 267 g/mol. The molecule has 0 saturated carbocycles. The van der Waals surface area contributed by atoms with Crippen molar-refractivity contribution in [2.24, 2.45) is 5.92 Å². The normalized spacial score (nSPS) is 25.3. The summed E-state index contributed by atoms with van der Waals surface area (Å²) < 4.78 is 0. The van der Waals surface area contributed by atoms with Gasteiger partial charge in [-0.05, 0) is 50.8 Å². The van der Waals surface area contributed by atoms with Gasteiger partial charge in [0.2, 0.25) is 0 Å². The van der Waals surface area contributed by atoms with Gasteiger partial charge >= 0.3 is 5.97 Å². The van der Waals surface area contributed by atoms with Crippen LogP contribution in [0.3, 0.4) is 0 Å². The fraction of sp³-hybridized carbons (Fsp3) is 0.643. The van der Waals surface area contributed by atoms with Crippen molar-refractivity contribution in [2.45, 2.75) is 46.2 Å². The second-order valence-corrected chi connectivity index (χ2v) is 6.58. The number of piperidine rings is 1. The number of aryl methyl sites for hydroxylation is 1. The molecule has 2 atom stereocenters. The molecule has 0 aromatic carbocycles. The van der Waals surface area contributed by atoms with E-state index < -0.39 is 5.97 Å². The molecule has 3 nitrogen and oxygen atoms in total. The summed E-state index contributed by atoms with van der Waals surface area (Å²) in [4.78, 5) is 15.0. The molecule has 0 aliphatic carbocycles. The van der Waals surface area contributed by atoms with Gasteiger partial charge in [-0.2, -0.15) is 0 Å². The van der Waals surface area contributed by atoms with E-state index in [0.29, 0.717) is 10.9 Å². The van der Waals surface area contributed by atoms with Gasteiger partial charge in [0, 0.05) is 17.5 Å². The van der Waals surface area contributed by atoms with Crippen molar-refractivity contribution in [3.63, 3.8) is 0 Å². The molecule has 0 spiro atoms. The zero-order valence-corrected chi connectivity index (χ0v) is 12.1. The number of carboxylic acid groups (broad SMARTS) is 1. The zero-order chi connectivity index (χ0) is 13.3. The third kappa shape index (κ3) is 2.75. The van der Waals surface area contributed by atoms with E-state index in [0.717, 1.165) is 23.9 Å². The molecule has 2 unspecified atom stereocenters. The number of likely N-dealkylation sites (tertiary alicyclic amines) is 1. The Hall–Kier alpha value is -0.870. The monoisotopic (exact) mass is 267 g/mol. The largest absolute Gasteiger partial charge is 0.477 e. The maximum Gasteiger partial charge on any atom is 0.345 e. The van der Waals surface area contributed by atoms with E-state index in [1.165, 1.54) is 29.7 Å². The topological polar surface area (TPSA) is 40.5 Å². The van der Waals surface area contributed by atoms with Crippen LogP contribution < -0.4 is 0 Å². The minimum Gasteiger partial charge on any atom is -0.477 e. The predicted molar refractivity (Wildman–Crippen MR) is 74.3 cm³/mol. The summed E-state index contributed by atoms with van der Waals surface area (Å²) in [6.45, 7) is 8.62. The molecule has 4 heteroatoms. The third-order valence-electron chi connectivity index (χ3n) is 4.11. The van der Waals surface area contributed by atoms with E-state index in [1.54, 1.807) is 0 Å². The van der Waals surface area contributed by atoms with Crippen LogP contribution in [0.1, 0.15) is 46.8 Å². The minimum absolute atomic E-state index is 0.459. The summed E-state index contributed by atoms with van der Waals surface area (Å²) in [5.74, 6) is -0.0777. The van der Waals surface area contributed by atoms with Crippen LogP contribution in [0.15, 0.2) is 6.07 Å². The van der Waals surface area contributed by atoms with Crippen LogP contribution in [0, 0.1) is 12.8 Å². The number of nitrogens with zero attached hydrogens (tertiary/aromatic N) is 1. The molecule has 2 rings (SSSR count). The van der Waals surface area contributed by atoms with Crippen LogP contribution in [0.4, 0.5) is 0 Å². The molecule has 18 heavy (non-hydrogen) atoms. The molecule has 0 bridgehead atoms. The van der Waals surface area contributed by atoms with Gasteiger partial charge in [0.25, 0.3) is 0 Å². The maximum atomic E-state index is 11.0. The van der Waals surface area contributed by atoms with E-state index in [-0.39, 0.29) is 0 Å². The SMILES string of the molecule is Cc1sc(C(=O)O)cc1CN1CCCC(C)C1C. The number of hydrogen-bond acceptors (Lipinski definition) is 3. The van der Waals surface area contributed by atoms with E-state index >= 15 is 0 Å². The van der Waals surface area contributed by atoms with Gasteiger partial charge in [-0.1, -0.05) is 6.92 Å². The highest BCUT2D eigenvalue weighted by molar-refractivity contribution is 7.14. The fourth-order valence-corrected chi connectivity index (χ4v) is 3.52. The summed E-state index contributed by atoms with van der Waals surface area (Å²) >= 11 is 1.39. The van der Waals surface area contributed by atoms with Gasteiger partial charge in [-0.15, -0.1) is 11.3 Å². The van der Waals surface area contributed by atoms with Crippen molar-refractivity contribution >= 4 is 17.3 Å². The van der Waals surface area contributed by atoms with Crippen LogP contribution in [-0.2, 0) is 6.54 Å². The van der Waals surface area contributed by atoms with Gasteiger partial charge in [0.15, 0.2) is 0 Å². The molecule has 0 amide bonds. The smallest absolute Gasteiger partial charge is 0.345 e. The van der Waals surface area contributed by atoms with Gasteiger partial charge in [-0.25, -0.2) is 4.79 Å². The molecule has 1 saturated heterocycles. The van der Waals surface area contributed by atoms with Crippen LogP contribution in [0.25, 0.3) is 0 Å². The van der Waals surface area contributed by atoms with Crippen molar-refractivity contribution in [1.29, 1.82) is 0 Å². The summed E-state index contributed by atoms with van der Waals surface area (Å²) in [6.07, 6.45) is 2.56. The Morgan fingerprint density at radius 3 is 2.89 bits per heavy atom. The summed E-state index contributed by atoms with van der Waals surface area (Å²) in [7, 11) is 0. The lowest BCUT2D eigenvalue weighted by atomic mass is 9.92. The minimum atomic E-state index is -0.811. The summed E-state index contributed by atoms with van der Waals surface area (Å²) in [5, 5.41) is 9.02. The average Bonchev–Trinajstić information content (AvgIpc) is 2.67. The van der Waals surface area contributed by atoms with E-state index in [4.69, 9.17) is 5.11 Å². The molecular weight excluding hydrogens is 246 g/mol. The van der Waals surface area contributed by atoms with Crippen molar-refractivity contribution in [1.82, 2.24) is 4.90 Å². The van der Waals surface area contributed by atoms with Gasteiger partial charge < -0.3 is 5.11 Å². The number of carboxylic acids is 1. The first-order chi connectivity index (χ1) is 8.49. The highest BCUT2D eigenvalue weighted by atomic mass is 32.1. The highest BCUT2D eigenvalue weighted by Gasteiger charge is 2.25. The fourth-order valence-electron chi connectivity index (χ4n) is 2.65. The number of thiophene rings is 1. The Kier molecular flexibility index (Phi) is 4.07. The zero-order valence-electron chi connectivity index (χ0n) is 11.3. The van der Waals surface area contributed by atoms with E-state index in [2.05, 4.69) is 18.7 Å². The molecular formula is C14H21NO2S. The van der Waals surface area contributed by atoms with Gasteiger partial charge in [0.1, 0.15) is 4.88 Å². The summed E-state index contributed by atoms with van der Waals surface area (Å²) in [5.41, 5.74) is 1.18. The molecule has 1 aliphatic heterocycles. The molecule has 1 aromatic heterocycles. The summed E-state index contributed by atoms with van der Waals surface area (Å²) in [6, 6.07) is 2.43. The molecule has 100 valence electrons. The van der Waals surface area contributed by atoms with Crippen LogP contribution in [-0.4, -0.2) is 28.6 Å². The lowest BCUT2D eigenvalue weighted by Crippen LogP contribution is -2.41. The first-order valence-corrected chi connectivity index (χ1v) is 7.37. The number of rotatable bonds is 3. The molecule has 1 aliphatic rings. The Balaban J connectivity index is 2.11. The standard InChI is InChI=1S/C14H21NO2S/c1-9-5-4-6-15(10(9)2)8-12-7-13(14(16)17)18-11(12)3/h7,9-10H,4-6,8H2,1-3H3,(H,16,17). The van der Waals surface area contributed by atoms with E-state index in [1.807, 2.05) is 13.0 Å². The quantitative estimate of drug-likeness (QED) is 0.912. The van der Waals surface area contributed by atoms with Crippen LogP contribution in [0.5, 0.6) is 0 Å². The predicted octanol–water partition coefficient (Wildman–Crippen LogP) is 3.38. The number of aromatic carboxylic acids is 1. The Labute approximate surface area is 112 Å². The lowest BCUT2D eigenvalue weighted by molar-refractivity contribution is 0.0702. The first kappa shape index (κ1) is 13.6. The second-order valence-electron chi connectivity index (χ2n) is 5.33. The van der Waals surface area contributed by atoms with Crippen molar-refractivity contribution < 1.29 is 9.90 Å². The number of carbonyl (C=O) groups is 1. The first-order valence-electron chi connectivity index (χ1n) is 6.55. The molecule has 1 N–H and O–H groups in total. The van der Waals surface area contributed by atoms with E-state index in [9.17, 15) is 4.79 Å². The Morgan fingerprint density at radius 1 is 1.56 bits per heavy atom. The molecule has 0 radical (unpaired) electrons. The van der Waals surface area contributed by atoms with Crippen molar-refractivity contribution in [3.05, 3.63) is 21.4 Å². The maximum absolute atomic E-state index is 11.0. The van der Waals surface area contributed by atoms with Crippen molar-refractivity contribution in [2.75, 3.05) is 6.54 Å². The van der Waals surface area contributed by atoms with Crippen LogP contribution >= 0.6 is 11.3 Å².